The number of rotatable bonds is 4. The smallest absolute Gasteiger partial charge is 0.269 e. The summed E-state index contributed by atoms with van der Waals surface area (Å²) in [4.78, 5) is 10.0. The maximum Gasteiger partial charge on any atom is 0.269 e. The van der Waals surface area contributed by atoms with Crippen LogP contribution in [0.4, 0.5) is 5.69 Å². The number of nitrogens with zero attached hydrogens (tertiary/aromatic N) is 2. The molecule has 0 N–H and O–H groups in total. The highest BCUT2D eigenvalue weighted by molar-refractivity contribution is 7.69. The molecule has 1 heterocycles. The van der Waals surface area contributed by atoms with Crippen LogP contribution in [0.2, 0.25) is 0 Å². The fourth-order valence-electron chi connectivity index (χ4n) is 1.96. The van der Waals surface area contributed by atoms with Gasteiger partial charge in [0.25, 0.3) is 5.69 Å². The first-order valence-corrected chi connectivity index (χ1v) is 6.99. The van der Waals surface area contributed by atoms with Gasteiger partial charge in [0.2, 0.25) is 10.9 Å². The average molecular weight is 286 g/mol. The van der Waals surface area contributed by atoms with Crippen LogP contribution < -0.4 is 4.74 Å². The van der Waals surface area contributed by atoms with Crippen molar-refractivity contribution in [3.8, 4) is 5.75 Å². The van der Waals surface area contributed by atoms with Crippen molar-refractivity contribution in [3.05, 3.63) is 34.4 Å². The minimum Gasteiger partial charge on any atom is -0.490 e. The maximum atomic E-state index is 10.8. The summed E-state index contributed by atoms with van der Waals surface area (Å²) in [5.74, 6) is 0.565. The highest BCUT2D eigenvalue weighted by atomic mass is 32.2. The van der Waals surface area contributed by atoms with E-state index in [0.29, 0.717) is 31.7 Å². The molecule has 1 saturated heterocycles. The van der Waals surface area contributed by atoms with Crippen molar-refractivity contribution >= 4 is 16.6 Å². The third-order valence-electron chi connectivity index (χ3n) is 3.00. The van der Waals surface area contributed by atoms with Gasteiger partial charge in [0.15, 0.2) is 0 Å². The predicted molar refractivity (Wildman–Crippen MR) is 68.6 cm³/mol. The van der Waals surface area contributed by atoms with Crippen LogP contribution in [0.1, 0.15) is 12.8 Å². The molecule has 1 aromatic carbocycles. The first-order chi connectivity index (χ1) is 9.06. The summed E-state index contributed by atoms with van der Waals surface area (Å²) >= 11 is 0. The second kappa shape index (κ2) is 5.98. The Labute approximate surface area is 112 Å². The molecular weight excluding hydrogens is 272 g/mol. The van der Waals surface area contributed by atoms with Crippen molar-refractivity contribution in [1.29, 1.82) is 0 Å². The Balaban J connectivity index is 1.90. The van der Waals surface area contributed by atoms with E-state index in [0.717, 1.165) is 0 Å². The molecule has 0 unspecified atom stereocenters. The number of hydrogen-bond donors (Lipinski definition) is 1. The van der Waals surface area contributed by atoms with Crippen LogP contribution in [0, 0.1) is 10.1 Å². The molecule has 1 aliphatic heterocycles. The van der Waals surface area contributed by atoms with Gasteiger partial charge >= 0.3 is 0 Å². The van der Waals surface area contributed by atoms with Gasteiger partial charge in [-0.15, -0.1) is 0 Å². The zero-order chi connectivity index (χ0) is 13.8. The standard InChI is InChI=1S/C11H14N2O5S/c14-13(15)9-1-3-10(4-2-9)18-11-5-7-12(8-6-11)19(16)17/h1-4,11,19H,5-8H2. The van der Waals surface area contributed by atoms with E-state index in [1.165, 1.54) is 16.4 Å². The Bertz CT molecular complexity index is 512. The van der Waals surface area contributed by atoms with Crippen LogP contribution in [-0.2, 0) is 10.9 Å². The van der Waals surface area contributed by atoms with Crippen molar-refractivity contribution in [2.45, 2.75) is 18.9 Å². The van der Waals surface area contributed by atoms with Crippen LogP contribution in [0.5, 0.6) is 5.75 Å². The Morgan fingerprint density at radius 1 is 1.21 bits per heavy atom. The Morgan fingerprint density at radius 3 is 2.26 bits per heavy atom. The molecule has 7 nitrogen and oxygen atoms in total. The fourth-order valence-corrected chi connectivity index (χ4v) is 2.52. The van der Waals surface area contributed by atoms with Crippen molar-refractivity contribution in [1.82, 2.24) is 4.31 Å². The molecule has 19 heavy (non-hydrogen) atoms. The number of benzene rings is 1. The summed E-state index contributed by atoms with van der Waals surface area (Å²) in [6.45, 7) is 0.909. The normalized spacial score (nSPS) is 17.5. The number of thiol groups is 1. The van der Waals surface area contributed by atoms with Crippen molar-refractivity contribution < 1.29 is 18.1 Å². The van der Waals surface area contributed by atoms with Crippen LogP contribution >= 0.6 is 0 Å². The molecule has 8 heteroatoms. The summed E-state index contributed by atoms with van der Waals surface area (Å²) in [5, 5.41) is 10.5. The maximum absolute atomic E-state index is 10.8. The summed E-state index contributed by atoms with van der Waals surface area (Å²) in [6.07, 6.45) is 1.20. The van der Waals surface area contributed by atoms with E-state index in [1.54, 1.807) is 12.1 Å². The van der Waals surface area contributed by atoms with E-state index in [4.69, 9.17) is 4.74 Å². The quantitative estimate of drug-likeness (QED) is 0.506. The molecule has 0 spiro atoms. The lowest BCUT2D eigenvalue weighted by molar-refractivity contribution is -0.384. The molecule has 2 rings (SSSR count). The molecule has 0 amide bonds. The fraction of sp³-hybridized carbons (Fsp3) is 0.455. The summed E-state index contributed by atoms with van der Waals surface area (Å²) in [5.41, 5.74) is 0.0190. The summed E-state index contributed by atoms with van der Waals surface area (Å²) in [6, 6.07) is 5.88. The van der Waals surface area contributed by atoms with E-state index >= 15 is 0 Å². The first-order valence-electron chi connectivity index (χ1n) is 5.86. The number of non-ortho nitro benzene ring substituents is 1. The van der Waals surface area contributed by atoms with Crippen molar-refractivity contribution in [2.24, 2.45) is 0 Å². The van der Waals surface area contributed by atoms with E-state index < -0.39 is 15.8 Å². The topological polar surface area (TPSA) is 89.8 Å². The van der Waals surface area contributed by atoms with Gasteiger partial charge in [0.1, 0.15) is 11.9 Å². The molecule has 0 bridgehead atoms. The monoisotopic (exact) mass is 286 g/mol. The predicted octanol–water partition coefficient (Wildman–Crippen LogP) is 0.964. The lowest BCUT2D eigenvalue weighted by Crippen LogP contribution is -2.37. The minimum atomic E-state index is -2.51. The van der Waals surface area contributed by atoms with Gasteiger partial charge in [-0.05, 0) is 25.0 Å². The van der Waals surface area contributed by atoms with E-state index in [9.17, 15) is 18.5 Å². The molecule has 1 aliphatic rings. The number of ether oxygens (including phenoxy) is 1. The zero-order valence-corrected chi connectivity index (χ0v) is 11.0. The van der Waals surface area contributed by atoms with Crippen LogP contribution in [0.15, 0.2) is 24.3 Å². The third-order valence-corrected chi connectivity index (χ3v) is 3.86. The van der Waals surface area contributed by atoms with Gasteiger partial charge in [0.05, 0.1) is 4.92 Å². The molecule has 104 valence electrons. The molecule has 1 aromatic rings. The largest absolute Gasteiger partial charge is 0.490 e. The molecule has 1 fully saturated rings. The lowest BCUT2D eigenvalue weighted by atomic mass is 10.1. The van der Waals surface area contributed by atoms with Crippen LogP contribution in [-0.4, -0.2) is 36.8 Å². The van der Waals surface area contributed by atoms with E-state index in [1.807, 2.05) is 0 Å². The Hall–Kier alpha value is -1.67. The molecule has 0 radical (unpaired) electrons. The first kappa shape index (κ1) is 13.8. The van der Waals surface area contributed by atoms with Crippen LogP contribution in [0.3, 0.4) is 0 Å². The van der Waals surface area contributed by atoms with Gasteiger partial charge in [-0.2, -0.15) is 0 Å². The Morgan fingerprint density at radius 2 is 1.79 bits per heavy atom. The van der Waals surface area contributed by atoms with Crippen molar-refractivity contribution in [2.75, 3.05) is 13.1 Å². The van der Waals surface area contributed by atoms with Gasteiger partial charge in [0, 0.05) is 25.2 Å². The molecular formula is C11H14N2O5S. The van der Waals surface area contributed by atoms with Gasteiger partial charge < -0.3 is 4.74 Å². The lowest BCUT2D eigenvalue weighted by Gasteiger charge is -2.28. The van der Waals surface area contributed by atoms with E-state index in [2.05, 4.69) is 0 Å². The number of nitro groups is 1. The molecule has 0 saturated carbocycles. The highest BCUT2D eigenvalue weighted by Gasteiger charge is 2.21. The summed E-state index contributed by atoms with van der Waals surface area (Å²) in [7, 11) is -2.51. The second-order valence-electron chi connectivity index (χ2n) is 4.26. The molecule has 0 atom stereocenters. The molecule has 0 aliphatic carbocycles. The average Bonchev–Trinajstić information content (AvgIpc) is 2.40. The van der Waals surface area contributed by atoms with Gasteiger partial charge in [-0.25, -0.2) is 12.7 Å². The minimum absolute atomic E-state index is 0.0190. The SMILES string of the molecule is O=[N+]([O-])c1ccc(OC2CCN([SH](=O)=O)CC2)cc1. The van der Waals surface area contributed by atoms with Gasteiger partial charge in [-0.1, -0.05) is 0 Å². The van der Waals surface area contributed by atoms with Gasteiger partial charge in [-0.3, -0.25) is 10.1 Å². The number of hydrogen-bond acceptors (Lipinski definition) is 5. The second-order valence-corrected chi connectivity index (χ2v) is 5.30. The zero-order valence-electron chi connectivity index (χ0n) is 10.1. The number of nitro benzene ring substituents is 1. The third kappa shape index (κ3) is 3.65. The molecule has 0 aromatic heterocycles. The highest BCUT2D eigenvalue weighted by Crippen LogP contribution is 2.21. The summed E-state index contributed by atoms with van der Waals surface area (Å²) < 4.78 is 28.6. The number of piperidine rings is 1. The van der Waals surface area contributed by atoms with Crippen LogP contribution in [0.25, 0.3) is 0 Å². The van der Waals surface area contributed by atoms with E-state index in [-0.39, 0.29) is 11.8 Å². The van der Waals surface area contributed by atoms with Crippen molar-refractivity contribution in [3.63, 3.8) is 0 Å². The Kier molecular flexibility index (Phi) is 4.33.